The van der Waals surface area contributed by atoms with E-state index in [0.29, 0.717) is 22.2 Å². The van der Waals surface area contributed by atoms with Crippen LogP contribution in [0.4, 0.5) is 0 Å². The Bertz CT molecular complexity index is 949. The Labute approximate surface area is 201 Å². The van der Waals surface area contributed by atoms with Gasteiger partial charge in [-0.3, -0.25) is 9.59 Å². The van der Waals surface area contributed by atoms with E-state index in [9.17, 15) is 9.59 Å². The summed E-state index contributed by atoms with van der Waals surface area (Å²) in [5.41, 5.74) is 3.02. The van der Waals surface area contributed by atoms with E-state index in [2.05, 4.69) is 5.32 Å². The molecule has 0 saturated carbocycles. The van der Waals surface area contributed by atoms with Crippen molar-refractivity contribution >= 4 is 35.0 Å². The van der Waals surface area contributed by atoms with E-state index in [-0.39, 0.29) is 31.0 Å². The molecule has 2 amide bonds. The molecule has 0 fully saturated rings. The smallest absolute Gasteiger partial charge is 0.261 e. The van der Waals surface area contributed by atoms with Gasteiger partial charge >= 0.3 is 0 Å². The monoisotopic (exact) mass is 478 g/mol. The fraction of sp³-hybridized carbons (Fsp3) is 0.440. The molecular weight excluding hydrogens is 447 g/mol. The summed E-state index contributed by atoms with van der Waals surface area (Å²) in [7, 11) is 0. The highest BCUT2D eigenvalue weighted by atomic mass is 35.5. The van der Waals surface area contributed by atoms with E-state index >= 15 is 0 Å². The van der Waals surface area contributed by atoms with Gasteiger partial charge in [0, 0.05) is 12.6 Å². The van der Waals surface area contributed by atoms with Gasteiger partial charge in [0.1, 0.15) is 11.8 Å². The first-order valence-electron chi connectivity index (χ1n) is 10.9. The molecule has 0 saturated heterocycles. The fourth-order valence-electron chi connectivity index (χ4n) is 3.23. The lowest BCUT2D eigenvalue weighted by Gasteiger charge is -2.31. The molecule has 2 aromatic carbocycles. The number of benzene rings is 2. The van der Waals surface area contributed by atoms with Crippen molar-refractivity contribution in [1.29, 1.82) is 0 Å². The van der Waals surface area contributed by atoms with Crippen LogP contribution in [-0.4, -0.2) is 35.4 Å². The molecule has 0 unspecified atom stereocenters. The first kappa shape index (κ1) is 26.0. The van der Waals surface area contributed by atoms with E-state index in [0.717, 1.165) is 23.1 Å². The predicted octanol–water partition coefficient (Wildman–Crippen LogP) is 5.71. The van der Waals surface area contributed by atoms with Gasteiger partial charge in [-0.1, -0.05) is 49.2 Å². The summed E-state index contributed by atoms with van der Waals surface area (Å²) in [6, 6.07) is 10.3. The van der Waals surface area contributed by atoms with Crippen molar-refractivity contribution in [2.75, 3.05) is 6.61 Å². The summed E-state index contributed by atoms with van der Waals surface area (Å²) in [5.74, 6) is 0.162. The van der Waals surface area contributed by atoms with Crippen molar-refractivity contribution in [3.63, 3.8) is 0 Å². The summed E-state index contributed by atoms with van der Waals surface area (Å²) < 4.78 is 5.77. The third-order valence-corrected chi connectivity index (χ3v) is 6.30. The predicted molar refractivity (Wildman–Crippen MR) is 130 cm³/mol. The van der Waals surface area contributed by atoms with Gasteiger partial charge in [0.2, 0.25) is 5.91 Å². The minimum Gasteiger partial charge on any atom is -0.484 e. The molecule has 0 radical (unpaired) electrons. The highest BCUT2D eigenvalue weighted by Gasteiger charge is 2.29. The Hall–Kier alpha value is -2.24. The average molecular weight is 479 g/mol. The van der Waals surface area contributed by atoms with Gasteiger partial charge in [-0.05, 0) is 74.6 Å². The molecule has 5 nitrogen and oxygen atoms in total. The Morgan fingerprint density at radius 2 is 1.72 bits per heavy atom. The lowest BCUT2D eigenvalue weighted by molar-refractivity contribution is -0.143. The van der Waals surface area contributed by atoms with E-state index in [4.69, 9.17) is 27.9 Å². The molecule has 2 aromatic rings. The van der Waals surface area contributed by atoms with Crippen molar-refractivity contribution in [3.8, 4) is 5.75 Å². The molecule has 2 rings (SSSR count). The maximum absolute atomic E-state index is 13.2. The van der Waals surface area contributed by atoms with Crippen molar-refractivity contribution in [3.05, 3.63) is 63.1 Å². The quantitative estimate of drug-likeness (QED) is 0.475. The number of hydrogen-bond donors (Lipinski definition) is 1. The number of carbonyl (C=O) groups is 2. The largest absolute Gasteiger partial charge is 0.484 e. The minimum atomic E-state index is -0.630. The minimum absolute atomic E-state index is 0.0188. The zero-order chi connectivity index (χ0) is 23.8. The van der Waals surface area contributed by atoms with Gasteiger partial charge in [0.15, 0.2) is 6.61 Å². The molecule has 0 aliphatic heterocycles. The number of carbonyl (C=O) groups excluding carboxylic acids is 2. The Balaban J connectivity index is 2.25. The number of rotatable bonds is 10. The number of ether oxygens (including phenoxy) is 1. The second-order valence-electron chi connectivity index (χ2n) is 8.05. The van der Waals surface area contributed by atoms with Crippen LogP contribution < -0.4 is 10.1 Å². The standard InChI is InChI=1S/C25H32Cl2N2O3/c1-6-18(5)28-25(31)23(7-2)29(14-19-9-11-21(26)22(27)13-19)24(30)15-32-20-10-8-16(3)17(4)12-20/h8-13,18,23H,6-7,14-15H2,1-5H3,(H,28,31)/t18-,23-/m1/s1. The van der Waals surface area contributed by atoms with Crippen LogP contribution in [0.5, 0.6) is 5.75 Å². The summed E-state index contributed by atoms with van der Waals surface area (Å²) in [5, 5.41) is 3.83. The zero-order valence-corrected chi connectivity index (χ0v) is 20.9. The number of halogens is 2. The molecule has 0 bridgehead atoms. The third kappa shape index (κ3) is 7.14. The topological polar surface area (TPSA) is 58.6 Å². The lowest BCUT2D eigenvalue weighted by Crippen LogP contribution is -2.51. The van der Waals surface area contributed by atoms with Crippen LogP contribution in [-0.2, 0) is 16.1 Å². The molecule has 7 heteroatoms. The second-order valence-corrected chi connectivity index (χ2v) is 8.86. The zero-order valence-electron chi connectivity index (χ0n) is 19.4. The van der Waals surface area contributed by atoms with Crippen LogP contribution in [0.15, 0.2) is 36.4 Å². The SMILES string of the molecule is CC[C@@H](C)NC(=O)[C@@H](CC)N(Cc1ccc(Cl)c(Cl)c1)C(=O)COc1ccc(C)c(C)c1. The van der Waals surface area contributed by atoms with Crippen molar-refractivity contribution in [1.82, 2.24) is 10.2 Å². The van der Waals surface area contributed by atoms with Crippen LogP contribution in [0.25, 0.3) is 0 Å². The molecule has 32 heavy (non-hydrogen) atoms. The Morgan fingerprint density at radius 1 is 1.00 bits per heavy atom. The van der Waals surface area contributed by atoms with Crippen molar-refractivity contribution in [2.24, 2.45) is 0 Å². The van der Waals surface area contributed by atoms with Gasteiger partial charge < -0.3 is 15.0 Å². The number of hydrogen-bond acceptors (Lipinski definition) is 3. The summed E-state index contributed by atoms with van der Waals surface area (Å²) in [6.07, 6.45) is 1.28. The average Bonchev–Trinajstić information content (AvgIpc) is 2.76. The molecule has 1 N–H and O–H groups in total. The highest BCUT2D eigenvalue weighted by molar-refractivity contribution is 6.42. The fourth-order valence-corrected chi connectivity index (χ4v) is 3.55. The summed E-state index contributed by atoms with van der Waals surface area (Å²) in [4.78, 5) is 27.8. The summed E-state index contributed by atoms with van der Waals surface area (Å²) in [6.45, 7) is 9.90. The van der Waals surface area contributed by atoms with Crippen molar-refractivity contribution in [2.45, 2.75) is 66.1 Å². The molecule has 2 atom stereocenters. The molecule has 0 aromatic heterocycles. The lowest BCUT2D eigenvalue weighted by atomic mass is 10.1. The number of amides is 2. The number of nitrogens with zero attached hydrogens (tertiary/aromatic N) is 1. The van der Waals surface area contributed by atoms with Gasteiger partial charge in [0.05, 0.1) is 10.0 Å². The third-order valence-electron chi connectivity index (χ3n) is 5.56. The van der Waals surface area contributed by atoms with Crippen LogP contribution in [0.2, 0.25) is 10.0 Å². The van der Waals surface area contributed by atoms with Crippen LogP contribution in [0.1, 0.15) is 50.3 Å². The number of nitrogens with one attached hydrogen (secondary N) is 1. The first-order valence-corrected chi connectivity index (χ1v) is 11.7. The molecule has 174 valence electrons. The van der Waals surface area contributed by atoms with Gasteiger partial charge in [-0.2, -0.15) is 0 Å². The normalized spacial score (nSPS) is 12.7. The van der Waals surface area contributed by atoms with Crippen LogP contribution >= 0.6 is 23.2 Å². The molecule has 0 aliphatic carbocycles. The Morgan fingerprint density at radius 3 is 2.31 bits per heavy atom. The van der Waals surface area contributed by atoms with Gasteiger partial charge in [0.25, 0.3) is 5.91 Å². The van der Waals surface area contributed by atoms with E-state index in [1.54, 1.807) is 23.1 Å². The molecule has 0 aliphatic rings. The number of aryl methyl sites for hydroxylation is 2. The van der Waals surface area contributed by atoms with Crippen molar-refractivity contribution < 1.29 is 14.3 Å². The first-order chi connectivity index (χ1) is 15.2. The maximum Gasteiger partial charge on any atom is 0.261 e. The van der Waals surface area contributed by atoms with E-state index in [1.165, 1.54) is 0 Å². The summed E-state index contributed by atoms with van der Waals surface area (Å²) >= 11 is 12.2. The maximum atomic E-state index is 13.2. The molecule has 0 spiro atoms. The molecular formula is C25H32Cl2N2O3. The second kappa shape index (κ2) is 12.1. The molecule has 0 heterocycles. The van der Waals surface area contributed by atoms with Gasteiger partial charge in [-0.25, -0.2) is 0 Å². The van der Waals surface area contributed by atoms with Gasteiger partial charge in [-0.15, -0.1) is 0 Å². The van der Waals surface area contributed by atoms with Crippen LogP contribution in [0.3, 0.4) is 0 Å². The highest BCUT2D eigenvalue weighted by Crippen LogP contribution is 2.24. The van der Waals surface area contributed by atoms with E-state index in [1.807, 2.05) is 52.8 Å². The van der Waals surface area contributed by atoms with E-state index < -0.39 is 6.04 Å². The Kier molecular flexibility index (Phi) is 9.85. The van der Waals surface area contributed by atoms with Crippen LogP contribution in [0, 0.1) is 13.8 Å².